The molecule has 0 saturated carbocycles. The number of carbonyl (C=O) groups excluding carboxylic acids is 1. The van der Waals surface area contributed by atoms with Gasteiger partial charge in [-0.3, -0.25) is 4.79 Å². The standard InChI is InChI=1S/C15H23NO/c1-4-7-12-16(6-3)14-11-9-8-10-13(14)15(17)5-2/h8-11H,4-7,12H2,1-3H3. The lowest BCUT2D eigenvalue weighted by Gasteiger charge is -2.25. The van der Waals surface area contributed by atoms with Gasteiger partial charge in [-0.2, -0.15) is 0 Å². The molecule has 0 unspecified atom stereocenters. The van der Waals surface area contributed by atoms with Gasteiger partial charge in [-0.15, -0.1) is 0 Å². The van der Waals surface area contributed by atoms with Crippen molar-refractivity contribution in [2.45, 2.75) is 40.0 Å². The lowest BCUT2D eigenvalue weighted by atomic mass is 10.1. The maximum atomic E-state index is 11.9. The zero-order chi connectivity index (χ0) is 12.7. The molecule has 0 spiro atoms. The van der Waals surface area contributed by atoms with Crippen LogP contribution in [0, 0.1) is 0 Å². The molecule has 17 heavy (non-hydrogen) atoms. The lowest BCUT2D eigenvalue weighted by Crippen LogP contribution is -2.25. The van der Waals surface area contributed by atoms with Gasteiger partial charge in [0.1, 0.15) is 0 Å². The van der Waals surface area contributed by atoms with Crippen molar-refractivity contribution in [1.29, 1.82) is 0 Å². The molecule has 0 atom stereocenters. The normalized spacial score (nSPS) is 10.3. The molecule has 2 nitrogen and oxygen atoms in total. The Balaban J connectivity index is 2.97. The van der Waals surface area contributed by atoms with E-state index in [1.54, 1.807) is 0 Å². The van der Waals surface area contributed by atoms with Crippen molar-refractivity contribution in [3.8, 4) is 0 Å². The summed E-state index contributed by atoms with van der Waals surface area (Å²) in [5, 5.41) is 0. The first-order valence-electron chi connectivity index (χ1n) is 6.61. The molecule has 1 aromatic rings. The number of para-hydroxylation sites is 1. The maximum absolute atomic E-state index is 11.9. The number of benzene rings is 1. The summed E-state index contributed by atoms with van der Waals surface area (Å²) in [6.45, 7) is 8.23. The highest BCUT2D eigenvalue weighted by Gasteiger charge is 2.13. The molecular weight excluding hydrogens is 210 g/mol. The van der Waals surface area contributed by atoms with E-state index in [-0.39, 0.29) is 5.78 Å². The smallest absolute Gasteiger partial charge is 0.164 e. The quantitative estimate of drug-likeness (QED) is 0.666. The number of hydrogen-bond acceptors (Lipinski definition) is 2. The van der Waals surface area contributed by atoms with Gasteiger partial charge in [0.2, 0.25) is 0 Å². The maximum Gasteiger partial charge on any atom is 0.164 e. The third-order valence-electron chi connectivity index (χ3n) is 3.03. The molecule has 94 valence electrons. The van der Waals surface area contributed by atoms with Crippen LogP contribution >= 0.6 is 0 Å². The van der Waals surface area contributed by atoms with Crippen LogP contribution in [0.25, 0.3) is 0 Å². The van der Waals surface area contributed by atoms with Crippen molar-refractivity contribution in [1.82, 2.24) is 0 Å². The summed E-state index contributed by atoms with van der Waals surface area (Å²) in [6.07, 6.45) is 2.92. The molecular formula is C15H23NO. The van der Waals surface area contributed by atoms with Crippen LogP contribution in [0.4, 0.5) is 5.69 Å². The number of rotatable bonds is 7. The summed E-state index contributed by atoms with van der Waals surface area (Å²) >= 11 is 0. The highest BCUT2D eigenvalue weighted by Crippen LogP contribution is 2.22. The highest BCUT2D eigenvalue weighted by atomic mass is 16.1. The molecule has 0 aromatic heterocycles. The van der Waals surface area contributed by atoms with Crippen LogP contribution in [0.3, 0.4) is 0 Å². The summed E-state index contributed by atoms with van der Waals surface area (Å²) in [6, 6.07) is 7.95. The molecule has 0 radical (unpaired) electrons. The van der Waals surface area contributed by atoms with Crippen LogP contribution in [0.5, 0.6) is 0 Å². The number of ketones is 1. The summed E-state index contributed by atoms with van der Waals surface area (Å²) in [5.41, 5.74) is 1.96. The number of hydrogen-bond donors (Lipinski definition) is 0. The van der Waals surface area contributed by atoms with E-state index in [1.807, 2.05) is 25.1 Å². The summed E-state index contributed by atoms with van der Waals surface area (Å²) in [7, 11) is 0. The van der Waals surface area contributed by atoms with Crippen molar-refractivity contribution in [2.75, 3.05) is 18.0 Å². The van der Waals surface area contributed by atoms with Gasteiger partial charge in [0.25, 0.3) is 0 Å². The van der Waals surface area contributed by atoms with Gasteiger partial charge in [0.15, 0.2) is 5.78 Å². The molecule has 1 rings (SSSR count). The third kappa shape index (κ3) is 3.58. The van der Waals surface area contributed by atoms with Gasteiger partial charge < -0.3 is 4.90 Å². The molecule has 0 N–H and O–H groups in total. The fourth-order valence-electron chi connectivity index (χ4n) is 1.97. The van der Waals surface area contributed by atoms with Crippen LogP contribution in [-0.2, 0) is 0 Å². The topological polar surface area (TPSA) is 20.3 Å². The molecule has 0 aliphatic carbocycles. The van der Waals surface area contributed by atoms with E-state index in [0.717, 1.165) is 24.3 Å². The van der Waals surface area contributed by atoms with E-state index < -0.39 is 0 Å². The molecule has 0 aliphatic rings. The minimum absolute atomic E-state index is 0.232. The number of unbranched alkanes of at least 4 members (excludes halogenated alkanes) is 1. The fourth-order valence-corrected chi connectivity index (χ4v) is 1.97. The second-order valence-electron chi connectivity index (χ2n) is 4.23. The van der Waals surface area contributed by atoms with Crippen LogP contribution in [0.15, 0.2) is 24.3 Å². The van der Waals surface area contributed by atoms with E-state index in [1.165, 1.54) is 12.8 Å². The lowest BCUT2D eigenvalue weighted by molar-refractivity contribution is 0.0988. The molecule has 0 fully saturated rings. The van der Waals surface area contributed by atoms with Crippen LogP contribution in [-0.4, -0.2) is 18.9 Å². The third-order valence-corrected chi connectivity index (χ3v) is 3.03. The Bertz CT molecular complexity index is 360. The Hall–Kier alpha value is -1.31. The number of nitrogens with zero attached hydrogens (tertiary/aromatic N) is 1. The minimum atomic E-state index is 0.232. The van der Waals surface area contributed by atoms with Crippen molar-refractivity contribution in [3.63, 3.8) is 0 Å². The van der Waals surface area contributed by atoms with Crippen LogP contribution in [0.1, 0.15) is 50.4 Å². The van der Waals surface area contributed by atoms with Gasteiger partial charge in [0.05, 0.1) is 0 Å². The van der Waals surface area contributed by atoms with Gasteiger partial charge in [-0.05, 0) is 25.5 Å². The summed E-state index contributed by atoms with van der Waals surface area (Å²) < 4.78 is 0. The fraction of sp³-hybridized carbons (Fsp3) is 0.533. The largest absolute Gasteiger partial charge is 0.371 e. The molecule has 0 saturated heterocycles. The van der Waals surface area contributed by atoms with E-state index >= 15 is 0 Å². The average molecular weight is 233 g/mol. The van der Waals surface area contributed by atoms with Crippen molar-refractivity contribution < 1.29 is 4.79 Å². The summed E-state index contributed by atoms with van der Waals surface area (Å²) in [4.78, 5) is 14.2. The molecule has 0 bridgehead atoms. The Morgan fingerprint density at radius 1 is 1.18 bits per heavy atom. The predicted molar refractivity (Wildman–Crippen MR) is 73.9 cm³/mol. The zero-order valence-corrected chi connectivity index (χ0v) is 11.2. The first kappa shape index (κ1) is 13.8. The Morgan fingerprint density at radius 2 is 1.88 bits per heavy atom. The first-order valence-corrected chi connectivity index (χ1v) is 6.61. The Morgan fingerprint density at radius 3 is 2.47 bits per heavy atom. The van der Waals surface area contributed by atoms with Gasteiger partial charge >= 0.3 is 0 Å². The van der Waals surface area contributed by atoms with Crippen molar-refractivity contribution in [3.05, 3.63) is 29.8 Å². The average Bonchev–Trinajstić information content (AvgIpc) is 2.39. The second-order valence-corrected chi connectivity index (χ2v) is 4.23. The molecule has 0 aliphatic heterocycles. The van der Waals surface area contributed by atoms with Gasteiger partial charge in [-0.1, -0.05) is 32.4 Å². The van der Waals surface area contributed by atoms with Crippen molar-refractivity contribution in [2.24, 2.45) is 0 Å². The zero-order valence-electron chi connectivity index (χ0n) is 11.2. The van der Waals surface area contributed by atoms with E-state index in [9.17, 15) is 4.79 Å². The summed E-state index contributed by atoms with van der Waals surface area (Å²) in [5.74, 6) is 0.232. The van der Waals surface area contributed by atoms with E-state index in [4.69, 9.17) is 0 Å². The second kappa shape index (κ2) is 7.10. The molecule has 2 heteroatoms. The SMILES string of the molecule is CCCCN(CC)c1ccccc1C(=O)CC. The van der Waals surface area contributed by atoms with Crippen LogP contribution < -0.4 is 4.90 Å². The monoisotopic (exact) mass is 233 g/mol. The van der Waals surface area contributed by atoms with E-state index in [2.05, 4.69) is 24.8 Å². The number of carbonyl (C=O) groups is 1. The highest BCUT2D eigenvalue weighted by molar-refractivity contribution is 6.01. The van der Waals surface area contributed by atoms with Gasteiger partial charge in [0, 0.05) is 30.8 Å². The van der Waals surface area contributed by atoms with Gasteiger partial charge in [-0.25, -0.2) is 0 Å². The Labute approximate surface area is 105 Å². The number of anilines is 1. The van der Waals surface area contributed by atoms with Crippen LogP contribution in [0.2, 0.25) is 0 Å². The molecule has 0 amide bonds. The predicted octanol–water partition coefficient (Wildman–Crippen LogP) is 3.91. The van der Waals surface area contributed by atoms with Crippen molar-refractivity contribution >= 4 is 11.5 Å². The minimum Gasteiger partial charge on any atom is -0.371 e. The molecule has 1 aromatic carbocycles. The number of Topliss-reactive ketones (excluding diaryl/α,β-unsaturated/α-hetero) is 1. The van der Waals surface area contributed by atoms with E-state index in [0.29, 0.717) is 6.42 Å². The molecule has 0 heterocycles. The Kier molecular flexibility index (Phi) is 5.75. The first-order chi connectivity index (χ1) is 8.24.